The molecular weight excluding hydrogens is 192 g/mol. The van der Waals surface area contributed by atoms with Gasteiger partial charge in [-0.05, 0) is 25.5 Å². The van der Waals surface area contributed by atoms with Crippen molar-refractivity contribution in [2.24, 2.45) is 5.73 Å². The number of rotatable bonds is 3. The predicted molar refractivity (Wildman–Crippen MR) is 59.6 cm³/mol. The summed E-state index contributed by atoms with van der Waals surface area (Å²) in [6, 6.07) is 6.55. The Balaban J connectivity index is 2.80. The average Bonchev–Trinajstić information content (AvgIpc) is 2.21. The van der Waals surface area contributed by atoms with Gasteiger partial charge in [-0.15, -0.1) is 0 Å². The zero-order valence-electron chi connectivity index (χ0n) is 8.95. The molecule has 1 rings (SSSR count). The highest BCUT2D eigenvalue weighted by Gasteiger charge is 2.26. The molecule has 0 aliphatic carbocycles. The number of hydrogen-bond acceptors (Lipinski definition) is 3. The lowest BCUT2D eigenvalue weighted by Gasteiger charge is -2.21. The summed E-state index contributed by atoms with van der Waals surface area (Å²) < 4.78 is 0. The fourth-order valence-electron chi connectivity index (χ4n) is 1.00. The van der Waals surface area contributed by atoms with Crippen molar-refractivity contribution in [1.29, 1.82) is 0 Å². The summed E-state index contributed by atoms with van der Waals surface area (Å²) >= 11 is 0. The van der Waals surface area contributed by atoms with Crippen molar-refractivity contribution in [1.82, 2.24) is 0 Å². The van der Waals surface area contributed by atoms with E-state index in [0.717, 1.165) is 0 Å². The van der Waals surface area contributed by atoms with Gasteiger partial charge in [-0.2, -0.15) is 0 Å². The molecule has 82 valence electrons. The Hall–Kier alpha value is -1.55. The van der Waals surface area contributed by atoms with Crippen LogP contribution in [-0.4, -0.2) is 16.6 Å². The fraction of sp³-hybridized carbons (Fsp3) is 0.364. The average molecular weight is 208 g/mol. The molecule has 0 aliphatic heterocycles. The van der Waals surface area contributed by atoms with E-state index in [2.05, 4.69) is 5.32 Å². The van der Waals surface area contributed by atoms with Gasteiger partial charge in [0.25, 0.3) is 0 Å². The van der Waals surface area contributed by atoms with Crippen molar-refractivity contribution in [2.75, 3.05) is 5.32 Å². The van der Waals surface area contributed by atoms with Crippen LogP contribution in [0, 0.1) is 0 Å². The zero-order chi connectivity index (χ0) is 11.5. The van der Waals surface area contributed by atoms with E-state index in [1.165, 1.54) is 6.07 Å². The number of phenols is 1. The van der Waals surface area contributed by atoms with Gasteiger partial charge in [-0.25, -0.2) is 0 Å². The molecule has 1 atom stereocenters. The lowest BCUT2D eigenvalue weighted by atomic mass is 9.99. The summed E-state index contributed by atoms with van der Waals surface area (Å²) in [6.07, 6.45) is 0.534. The fourth-order valence-corrected chi connectivity index (χ4v) is 1.00. The molecule has 1 unspecified atom stereocenters. The third-order valence-corrected chi connectivity index (χ3v) is 2.41. The first-order chi connectivity index (χ1) is 6.97. The third-order valence-electron chi connectivity index (χ3n) is 2.41. The van der Waals surface area contributed by atoms with Crippen LogP contribution in [0.1, 0.15) is 20.3 Å². The van der Waals surface area contributed by atoms with Gasteiger partial charge in [-0.3, -0.25) is 4.79 Å². The lowest BCUT2D eigenvalue weighted by molar-refractivity contribution is -0.120. The highest BCUT2D eigenvalue weighted by atomic mass is 16.3. The van der Waals surface area contributed by atoms with Crippen molar-refractivity contribution in [3.05, 3.63) is 24.3 Å². The van der Waals surface area contributed by atoms with Crippen LogP contribution in [0.15, 0.2) is 24.3 Å². The summed E-state index contributed by atoms with van der Waals surface area (Å²) in [5, 5.41) is 12.0. The molecule has 0 heterocycles. The van der Waals surface area contributed by atoms with Crippen LogP contribution in [0.4, 0.5) is 5.69 Å². The summed E-state index contributed by atoms with van der Waals surface area (Å²) in [5.74, 6) is -0.260. The van der Waals surface area contributed by atoms with Crippen LogP contribution in [0.3, 0.4) is 0 Å². The molecule has 1 aromatic carbocycles. The van der Waals surface area contributed by atoms with Crippen LogP contribution >= 0.6 is 0 Å². The van der Waals surface area contributed by atoms with E-state index in [9.17, 15) is 9.90 Å². The van der Waals surface area contributed by atoms with Gasteiger partial charge in [0.2, 0.25) is 5.91 Å². The van der Waals surface area contributed by atoms with Gasteiger partial charge in [0.05, 0.1) is 11.2 Å². The maximum absolute atomic E-state index is 11.7. The van der Waals surface area contributed by atoms with E-state index in [1.54, 1.807) is 25.1 Å². The highest BCUT2D eigenvalue weighted by molar-refractivity contribution is 5.98. The van der Waals surface area contributed by atoms with Gasteiger partial charge in [0, 0.05) is 0 Å². The summed E-state index contributed by atoms with van der Waals surface area (Å²) in [4.78, 5) is 11.7. The number of hydrogen-bond donors (Lipinski definition) is 3. The second kappa shape index (κ2) is 4.31. The second-order valence-electron chi connectivity index (χ2n) is 3.74. The number of carbonyl (C=O) groups excluding carboxylic acids is 1. The number of anilines is 1. The highest BCUT2D eigenvalue weighted by Crippen LogP contribution is 2.22. The van der Waals surface area contributed by atoms with Crippen molar-refractivity contribution in [3.63, 3.8) is 0 Å². The minimum atomic E-state index is -0.914. The van der Waals surface area contributed by atoms with Crippen LogP contribution in [0.2, 0.25) is 0 Å². The van der Waals surface area contributed by atoms with Crippen LogP contribution in [-0.2, 0) is 4.79 Å². The smallest absolute Gasteiger partial charge is 0.244 e. The molecule has 1 amide bonds. The predicted octanol–water partition coefficient (Wildman–Crippen LogP) is 1.46. The molecule has 4 nitrogen and oxygen atoms in total. The maximum Gasteiger partial charge on any atom is 0.244 e. The number of carbonyl (C=O) groups is 1. The molecule has 0 fully saturated rings. The lowest BCUT2D eigenvalue weighted by Crippen LogP contribution is -2.47. The third kappa shape index (κ3) is 2.70. The second-order valence-corrected chi connectivity index (χ2v) is 3.74. The number of benzene rings is 1. The number of amides is 1. The van der Waals surface area contributed by atoms with Crippen molar-refractivity contribution in [2.45, 2.75) is 25.8 Å². The summed E-state index contributed by atoms with van der Waals surface area (Å²) in [7, 11) is 0. The van der Waals surface area contributed by atoms with Gasteiger partial charge in [0.1, 0.15) is 5.75 Å². The van der Waals surface area contributed by atoms with Crippen molar-refractivity contribution < 1.29 is 9.90 Å². The monoisotopic (exact) mass is 208 g/mol. The van der Waals surface area contributed by atoms with E-state index in [4.69, 9.17) is 5.73 Å². The molecule has 15 heavy (non-hydrogen) atoms. The Morgan fingerprint density at radius 3 is 2.67 bits per heavy atom. The molecular formula is C11H16N2O2. The molecule has 4 N–H and O–H groups in total. The van der Waals surface area contributed by atoms with Gasteiger partial charge >= 0.3 is 0 Å². The first-order valence-electron chi connectivity index (χ1n) is 4.85. The molecule has 0 aliphatic rings. The molecule has 0 aromatic heterocycles. The quantitative estimate of drug-likeness (QED) is 0.658. The van der Waals surface area contributed by atoms with E-state index < -0.39 is 5.54 Å². The Kier molecular flexibility index (Phi) is 3.31. The molecule has 0 saturated carbocycles. The first kappa shape index (κ1) is 11.5. The Morgan fingerprint density at radius 1 is 1.53 bits per heavy atom. The van der Waals surface area contributed by atoms with Crippen LogP contribution in [0.25, 0.3) is 0 Å². The van der Waals surface area contributed by atoms with Gasteiger partial charge in [-0.1, -0.05) is 19.1 Å². The van der Waals surface area contributed by atoms with Crippen LogP contribution < -0.4 is 11.1 Å². The molecule has 0 saturated heterocycles. The van der Waals surface area contributed by atoms with Crippen LogP contribution in [0.5, 0.6) is 5.75 Å². The normalized spacial score (nSPS) is 14.3. The number of nitrogens with two attached hydrogens (primary N) is 1. The molecule has 1 aromatic rings. The van der Waals surface area contributed by atoms with Gasteiger partial charge < -0.3 is 16.2 Å². The zero-order valence-corrected chi connectivity index (χ0v) is 8.95. The molecule has 0 bridgehead atoms. The SMILES string of the molecule is CCC(C)(N)C(=O)Nc1ccccc1O. The Labute approximate surface area is 89.1 Å². The molecule has 0 radical (unpaired) electrons. The number of para-hydroxylation sites is 2. The number of nitrogens with one attached hydrogen (secondary N) is 1. The number of aromatic hydroxyl groups is 1. The Morgan fingerprint density at radius 2 is 2.13 bits per heavy atom. The van der Waals surface area contributed by atoms with Gasteiger partial charge in [0.15, 0.2) is 0 Å². The molecule has 0 spiro atoms. The Bertz CT molecular complexity index is 361. The van der Waals surface area contributed by atoms with Crippen molar-refractivity contribution in [3.8, 4) is 5.75 Å². The minimum absolute atomic E-state index is 0.0396. The maximum atomic E-state index is 11.7. The van der Waals surface area contributed by atoms with Crippen molar-refractivity contribution >= 4 is 11.6 Å². The minimum Gasteiger partial charge on any atom is -0.506 e. The van der Waals surface area contributed by atoms with E-state index in [1.807, 2.05) is 6.92 Å². The standard InChI is InChI=1S/C11H16N2O2/c1-3-11(2,12)10(15)13-8-6-4-5-7-9(8)14/h4-7,14H,3,12H2,1-2H3,(H,13,15). The molecule has 4 heteroatoms. The topological polar surface area (TPSA) is 75.4 Å². The summed E-state index contributed by atoms with van der Waals surface area (Å²) in [5.41, 5.74) is 5.23. The summed E-state index contributed by atoms with van der Waals surface area (Å²) in [6.45, 7) is 3.49. The first-order valence-corrected chi connectivity index (χ1v) is 4.85. The largest absolute Gasteiger partial charge is 0.506 e. The number of phenolic OH excluding ortho intramolecular Hbond substituents is 1. The van der Waals surface area contributed by atoms with E-state index >= 15 is 0 Å². The van der Waals surface area contributed by atoms with E-state index in [-0.39, 0.29) is 11.7 Å². The van der Waals surface area contributed by atoms with E-state index in [0.29, 0.717) is 12.1 Å².